The average Bonchev–Trinajstić information content (AvgIpc) is 3.43. The Morgan fingerprint density at radius 3 is 2.37 bits per heavy atom. The molecule has 0 spiro atoms. The lowest BCUT2D eigenvalue weighted by molar-refractivity contribution is -0.138. The molecule has 204 valence electrons. The predicted molar refractivity (Wildman–Crippen MR) is 122 cm³/mol. The van der Waals surface area contributed by atoms with Crippen molar-refractivity contribution in [1.29, 1.82) is 0 Å². The van der Waals surface area contributed by atoms with Crippen molar-refractivity contribution < 1.29 is 26.3 Å². The number of halogens is 7. The van der Waals surface area contributed by atoms with E-state index in [2.05, 4.69) is 25.4 Å². The van der Waals surface area contributed by atoms with Crippen molar-refractivity contribution in [3.8, 4) is 0 Å². The minimum absolute atomic E-state index is 0.0244. The van der Waals surface area contributed by atoms with Crippen LogP contribution in [0.15, 0.2) is 33.9 Å². The molecule has 4 rings (SSSR count). The van der Waals surface area contributed by atoms with Crippen LogP contribution < -0.4 is 11.2 Å². The van der Waals surface area contributed by atoms with Gasteiger partial charge in [0.2, 0.25) is 5.28 Å². The van der Waals surface area contributed by atoms with E-state index in [1.807, 2.05) is 0 Å². The second kappa shape index (κ2) is 10.6. The van der Waals surface area contributed by atoms with Gasteiger partial charge in [0, 0.05) is 25.9 Å². The van der Waals surface area contributed by atoms with E-state index >= 15 is 0 Å². The molecule has 10 nitrogen and oxygen atoms in total. The minimum Gasteiger partial charge on any atom is -0.323 e. The number of imidazole rings is 1. The molecule has 38 heavy (non-hydrogen) atoms. The number of aromatic amines is 1. The van der Waals surface area contributed by atoms with Gasteiger partial charge in [0.25, 0.3) is 5.56 Å². The lowest BCUT2D eigenvalue weighted by Gasteiger charge is -2.12. The Hall–Kier alpha value is -3.69. The number of aromatic nitrogens is 8. The van der Waals surface area contributed by atoms with E-state index in [-0.39, 0.29) is 60.3 Å². The number of benzene rings is 1. The van der Waals surface area contributed by atoms with Crippen LogP contribution in [-0.2, 0) is 32.2 Å². The fourth-order valence-corrected chi connectivity index (χ4v) is 4.08. The molecule has 1 N–H and O–H groups in total. The highest BCUT2D eigenvalue weighted by Crippen LogP contribution is 2.32. The smallest absolute Gasteiger partial charge is 0.323 e. The van der Waals surface area contributed by atoms with Gasteiger partial charge in [0.05, 0.1) is 12.1 Å². The SMILES string of the molecule is O=c1c2[nH]c(Cl)nc2n(CCCC(F)(F)F)c(=O)n1CCCn1nnc(Cc2ccccc2C(F)(F)F)n1. The van der Waals surface area contributed by atoms with Crippen LogP contribution in [-0.4, -0.2) is 45.5 Å². The first-order valence-corrected chi connectivity index (χ1v) is 11.6. The average molecular weight is 565 g/mol. The first-order valence-electron chi connectivity index (χ1n) is 11.2. The molecule has 0 unspecified atom stereocenters. The molecule has 17 heteroatoms. The molecule has 0 atom stereocenters. The van der Waals surface area contributed by atoms with E-state index < -0.39 is 42.0 Å². The zero-order valence-electron chi connectivity index (χ0n) is 19.4. The summed E-state index contributed by atoms with van der Waals surface area (Å²) in [4.78, 5) is 33.2. The number of aryl methyl sites for hydroxylation is 2. The lowest BCUT2D eigenvalue weighted by atomic mass is 10.0. The van der Waals surface area contributed by atoms with Gasteiger partial charge in [-0.1, -0.05) is 18.2 Å². The van der Waals surface area contributed by atoms with Gasteiger partial charge in [-0.25, -0.2) is 4.79 Å². The van der Waals surface area contributed by atoms with Crippen LogP contribution in [0.5, 0.6) is 0 Å². The van der Waals surface area contributed by atoms with E-state index in [0.717, 1.165) is 20.0 Å². The van der Waals surface area contributed by atoms with Crippen molar-refractivity contribution in [2.45, 2.75) is 57.7 Å². The van der Waals surface area contributed by atoms with Crippen LogP contribution in [0.25, 0.3) is 11.2 Å². The zero-order chi connectivity index (χ0) is 27.7. The van der Waals surface area contributed by atoms with Crippen molar-refractivity contribution in [2.24, 2.45) is 0 Å². The molecule has 0 fully saturated rings. The molecule has 0 saturated carbocycles. The van der Waals surface area contributed by atoms with Gasteiger partial charge in [0.15, 0.2) is 17.0 Å². The summed E-state index contributed by atoms with van der Waals surface area (Å²) in [6.45, 7) is -0.448. The number of hydrogen-bond donors (Lipinski definition) is 1. The number of alkyl halides is 6. The lowest BCUT2D eigenvalue weighted by Crippen LogP contribution is -2.40. The van der Waals surface area contributed by atoms with Crippen LogP contribution in [0.3, 0.4) is 0 Å². The third-order valence-electron chi connectivity index (χ3n) is 5.58. The highest BCUT2D eigenvalue weighted by Gasteiger charge is 2.33. The molecule has 0 radical (unpaired) electrons. The van der Waals surface area contributed by atoms with E-state index in [9.17, 15) is 35.9 Å². The molecule has 0 aliphatic rings. The number of fused-ring (bicyclic) bond motifs is 1. The molecule has 3 heterocycles. The van der Waals surface area contributed by atoms with E-state index in [0.29, 0.717) is 0 Å². The highest BCUT2D eigenvalue weighted by molar-refractivity contribution is 6.28. The van der Waals surface area contributed by atoms with E-state index in [1.165, 1.54) is 18.2 Å². The molecule has 0 bridgehead atoms. The summed E-state index contributed by atoms with van der Waals surface area (Å²) in [6, 6.07) is 5.01. The summed E-state index contributed by atoms with van der Waals surface area (Å²) in [6.07, 6.45) is -10.6. The number of H-pyrrole nitrogens is 1. The molecular formula is C21H19ClF6N8O2. The van der Waals surface area contributed by atoms with Crippen LogP contribution in [0.4, 0.5) is 26.3 Å². The van der Waals surface area contributed by atoms with Crippen molar-refractivity contribution in [2.75, 3.05) is 0 Å². The Labute approximate surface area is 213 Å². The number of nitrogens with zero attached hydrogens (tertiary/aromatic N) is 7. The summed E-state index contributed by atoms with van der Waals surface area (Å²) in [5.74, 6) is 0.0411. The summed E-state index contributed by atoms with van der Waals surface area (Å²) < 4.78 is 79.2. The number of rotatable bonds is 9. The molecule has 0 amide bonds. The van der Waals surface area contributed by atoms with Gasteiger partial charge in [0.1, 0.15) is 0 Å². The second-order valence-corrected chi connectivity index (χ2v) is 8.68. The quantitative estimate of drug-likeness (QED) is 0.245. The largest absolute Gasteiger partial charge is 0.416 e. The predicted octanol–water partition coefficient (Wildman–Crippen LogP) is 3.57. The van der Waals surface area contributed by atoms with Gasteiger partial charge in [-0.2, -0.15) is 36.1 Å². The van der Waals surface area contributed by atoms with Crippen LogP contribution in [0.2, 0.25) is 5.28 Å². The van der Waals surface area contributed by atoms with E-state index in [1.54, 1.807) is 0 Å². The number of hydrogen-bond acceptors (Lipinski definition) is 6. The van der Waals surface area contributed by atoms with Crippen molar-refractivity contribution >= 4 is 22.8 Å². The number of tetrazole rings is 1. The Bertz CT molecular complexity index is 1550. The van der Waals surface area contributed by atoms with Crippen molar-refractivity contribution in [3.63, 3.8) is 0 Å². The molecule has 3 aromatic heterocycles. The third kappa shape index (κ3) is 6.23. The molecule has 1 aromatic carbocycles. The molecule has 0 aliphatic heterocycles. The maximum Gasteiger partial charge on any atom is 0.416 e. The Morgan fingerprint density at radius 2 is 1.66 bits per heavy atom. The van der Waals surface area contributed by atoms with Crippen LogP contribution >= 0.6 is 11.6 Å². The summed E-state index contributed by atoms with van der Waals surface area (Å²) >= 11 is 5.82. The standard InChI is InChI=1S/C21H19ClF6N8O2/c22-18-29-15-16(30-18)34(8-3-7-20(23,24)25)19(38)35(17(15)37)9-4-10-36-32-14(31-33-36)11-12-5-1-2-6-13(12)21(26,27)28/h1-2,5-6H,3-4,7-11H2,(H,29,30). The number of nitrogens with one attached hydrogen (secondary N) is 1. The monoisotopic (exact) mass is 564 g/mol. The maximum absolute atomic E-state index is 13.2. The van der Waals surface area contributed by atoms with Gasteiger partial charge >= 0.3 is 18.0 Å². The normalized spacial score (nSPS) is 12.5. The Kier molecular flexibility index (Phi) is 7.62. The van der Waals surface area contributed by atoms with Crippen LogP contribution in [0, 0.1) is 0 Å². The minimum atomic E-state index is -4.54. The maximum atomic E-state index is 13.2. The van der Waals surface area contributed by atoms with Crippen molar-refractivity contribution in [1.82, 2.24) is 39.3 Å². The first-order chi connectivity index (χ1) is 17.8. The fraction of sp³-hybridized carbons (Fsp3) is 0.429. The van der Waals surface area contributed by atoms with Crippen molar-refractivity contribution in [3.05, 3.63) is 67.3 Å². The molecule has 4 aromatic rings. The van der Waals surface area contributed by atoms with Gasteiger partial charge in [-0.3, -0.25) is 13.9 Å². The third-order valence-corrected chi connectivity index (χ3v) is 5.76. The van der Waals surface area contributed by atoms with Gasteiger partial charge < -0.3 is 4.98 Å². The van der Waals surface area contributed by atoms with E-state index in [4.69, 9.17) is 11.6 Å². The topological polar surface area (TPSA) is 116 Å². The fourth-order valence-electron chi connectivity index (χ4n) is 3.91. The second-order valence-electron chi connectivity index (χ2n) is 8.32. The van der Waals surface area contributed by atoms with Crippen LogP contribution in [0.1, 0.15) is 36.2 Å². The molecule has 0 saturated heterocycles. The summed E-state index contributed by atoms with van der Waals surface area (Å²) in [5, 5.41) is 11.4. The Morgan fingerprint density at radius 1 is 0.947 bits per heavy atom. The molecule has 0 aliphatic carbocycles. The molecular weight excluding hydrogens is 546 g/mol. The van der Waals surface area contributed by atoms with Gasteiger partial charge in [-0.15, -0.1) is 10.2 Å². The summed E-state index contributed by atoms with van der Waals surface area (Å²) in [7, 11) is 0. The first kappa shape index (κ1) is 27.3. The Balaban J connectivity index is 1.48. The van der Waals surface area contributed by atoms with Gasteiger partial charge in [-0.05, 0) is 41.3 Å². The highest BCUT2D eigenvalue weighted by atomic mass is 35.5. The summed E-state index contributed by atoms with van der Waals surface area (Å²) in [5.41, 5.74) is -2.73. The zero-order valence-corrected chi connectivity index (χ0v) is 20.1.